The summed E-state index contributed by atoms with van der Waals surface area (Å²) >= 11 is 1.27. The lowest BCUT2D eigenvalue weighted by Crippen LogP contribution is -2.41. The van der Waals surface area contributed by atoms with E-state index in [-0.39, 0.29) is 12.0 Å². The summed E-state index contributed by atoms with van der Waals surface area (Å²) in [6.45, 7) is 6.23. The Morgan fingerprint density at radius 3 is 2.45 bits per heavy atom. The molecule has 2 rings (SSSR count). The van der Waals surface area contributed by atoms with Crippen molar-refractivity contribution < 1.29 is 8.42 Å². The first-order valence-electron chi connectivity index (χ1n) is 6.31. The fourth-order valence-electron chi connectivity index (χ4n) is 1.71. The predicted molar refractivity (Wildman–Crippen MR) is 78.0 cm³/mol. The molecule has 0 aliphatic rings. The van der Waals surface area contributed by atoms with Gasteiger partial charge in [0.05, 0.1) is 18.9 Å². The lowest BCUT2D eigenvalue weighted by atomic mass is 10.1. The largest absolute Gasteiger partial charge is 0.250 e. The molecule has 0 saturated heterocycles. The second-order valence-corrected chi connectivity index (χ2v) is 8.15. The average Bonchev–Trinajstić information content (AvgIpc) is 2.99. The zero-order chi connectivity index (χ0) is 14.8. The minimum atomic E-state index is -3.49. The second kappa shape index (κ2) is 6.02. The molecule has 0 spiro atoms. The second-order valence-electron chi connectivity index (χ2n) is 4.92. The highest BCUT2D eigenvalue weighted by Gasteiger charge is 2.24. The summed E-state index contributed by atoms with van der Waals surface area (Å²) < 4.78 is 27.8. The van der Waals surface area contributed by atoms with Crippen molar-refractivity contribution in [3.05, 3.63) is 29.4 Å². The topological polar surface area (TPSA) is 76.9 Å². The molecule has 6 nitrogen and oxygen atoms in total. The maximum atomic E-state index is 12.3. The maximum absolute atomic E-state index is 12.3. The molecule has 2 aromatic heterocycles. The van der Waals surface area contributed by atoms with E-state index in [0.29, 0.717) is 10.8 Å². The molecule has 2 aromatic rings. The van der Waals surface area contributed by atoms with E-state index in [1.165, 1.54) is 16.1 Å². The van der Waals surface area contributed by atoms with Crippen LogP contribution < -0.4 is 4.72 Å². The highest BCUT2D eigenvalue weighted by Crippen LogP contribution is 2.21. The summed E-state index contributed by atoms with van der Waals surface area (Å²) in [5, 5.41) is 8.04. The van der Waals surface area contributed by atoms with Crippen LogP contribution in [0.4, 0.5) is 0 Å². The normalized spacial score (nSPS) is 13.8. The van der Waals surface area contributed by atoms with Gasteiger partial charge in [-0.3, -0.25) is 0 Å². The number of hydrogen-bond donors (Lipinski definition) is 1. The van der Waals surface area contributed by atoms with Crippen molar-refractivity contribution in [3.8, 4) is 0 Å². The van der Waals surface area contributed by atoms with E-state index in [4.69, 9.17) is 0 Å². The molecule has 1 N–H and O–H groups in total. The first kappa shape index (κ1) is 15.1. The quantitative estimate of drug-likeness (QED) is 0.879. The summed E-state index contributed by atoms with van der Waals surface area (Å²) in [4.78, 5) is 2.47. The van der Waals surface area contributed by atoms with E-state index in [0.717, 1.165) is 4.88 Å². The molecule has 0 aliphatic carbocycles. The van der Waals surface area contributed by atoms with Crippen molar-refractivity contribution in [2.24, 2.45) is 5.92 Å². The molecule has 8 heteroatoms. The molecule has 1 unspecified atom stereocenters. The van der Waals surface area contributed by atoms with Gasteiger partial charge in [0.15, 0.2) is 0 Å². The zero-order valence-electron chi connectivity index (χ0n) is 11.6. The Morgan fingerprint density at radius 1 is 1.30 bits per heavy atom. The van der Waals surface area contributed by atoms with Crippen LogP contribution in [0.2, 0.25) is 0 Å². The van der Waals surface area contributed by atoms with Gasteiger partial charge in [0.25, 0.3) is 0 Å². The number of sulfonamides is 1. The van der Waals surface area contributed by atoms with E-state index >= 15 is 0 Å². The molecule has 1 atom stereocenters. The fourth-order valence-corrected chi connectivity index (χ4v) is 4.39. The minimum Gasteiger partial charge on any atom is -0.206 e. The van der Waals surface area contributed by atoms with Gasteiger partial charge < -0.3 is 0 Å². The van der Waals surface area contributed by atoms with E-state index in [2.05, 4.69) is 14.9 Å². The molecule has 20 heavy (non-hydrogen) atoms. The Kier molecular flexibility index (Phi) is 4.56. The summed E-state index contributed by atoms with van der Waals surface area (Å²) in [5.41, 5.74) is 0. The molecule has 0 saturated carbocycles. The maximum Gasteiger partial charge on any atom is 0.250 e. The van der Waals surface area contributed by atoms with Gasteiger partial charge in [-0.1, -0.05) is 13.8 Å². The van der Waals surface area contributed by atoms with E-state index in [1.54, 1.807) is 24.5 Å². The molecule has 0 fully saturated rings. The predicted octanol–water partition coefficient (Wildman–Crippen LogP) is 1.65. The first-order chi connectivity index (χ1) is 9.38. The van der Waals surface area contributed by atoms with Crippen LogP contribution >= 0.6 is 11.3 Å². The highest BCUT2D eigenvalue weighted by molar-refractivity contribution is 7.91. The van der Waals surface area contributed by atoms with Crippen molar-refractivity contribution in [3.63, 3.8) is 0 Å². The third kappa shape index (κ3) is 3.65. The van der Waals surface area contributed by atoms with Gasteiger partial charge in [0, 0.05) is 10.9 Å². The van der Waals surface area contributed by atoms with E-state index < -0.39 is 10.0 Å². The summed E-state index contributed by atoms with van der Waals surface area (Å²) in [5.74, 6) is 0.136. The number of aryl methyl sites for hydroxylation is 1. The Bertz CT molecular complexity index is 647. The fraction of sp³-hybridized carbons (Fsp3) is 0.500. The molecule has 0 amide bonds. The molecular weight excluding hydrogens is 296 g/mol. The smallest absolute Gasteiger partial charge is 0.206 e. The molecule has 0 radical (unpaired) electrons. The molecule has 2 heterocycles. The van der Waals surface area contributed by atoms with Crippen LogP contribution in [0.5, 0.6) is 0 Å². The van der Waals surface area contributed by atoms with Crippen LogP contribution in [0.1, 0.15) is 18.7 Å². The van der Waals surface area contributed by atoms with Crippen LogP contribution in [0.3, 0.4) is 0 Å². The Labute approximate surface area is 122 Å². The molecule has 0 bridgehead atoms. The lowest BCUT2D eigenvalue weighted by molar-refractivity contribution is 0.361. The Morgan fingerprint density at radius 2 is 1.95 bits per heavy atom. The molecular formula is C12H18N4O2S2. The van der Waals surface area contributed by atoms with Crippen LogP contribution in [-0.4, -0.2) is 29.5 Å². The number of rotatable bonds is 6. The van der Waals surface area contributed by atoms with Crippen molar-refractivity contribution in [2.45, 2.75) is 37.6 Å². The number of thiophene rings is 1. The third-order valence-electron chi connectivity index (χ3n) is 2.92. The standard InChI is InChI=1S/C12H18N4O2S2/c1-9(2)11(8-16-13-6-7-14-16)15-20(17,18)12-5-4-10(3)19-12/h4-7,9,11,15H,8H2,1-3H3. The summed E-state index contributed by atoms with van der Waals surface area (Å²) in [6, 6.07) is 3.18. The first-order valence-corrected chi connectivity index (χ1v) is 8.61. The summed E-state index contributed by atoms with van der Waals surface area (Å²) in [7, 11) is -3.49. The molecule has 0 aliphatic heterocycles. The number of nitrogens with one attached hydrogen (secondary N) is 1. The van der Waals surface area contributed by atoms with Crippen LogP contribution in [0.15, 0.2) is 28.7 Å². The molecule has 0 aromatic carbocycles. The average molecular weight is 314 g/mol. The van der Waals surface area contributed by atoms with Gasteiger partial charge in [-0.05, 0) is 25.0 Å². The van der Waals surface area contributed by atoms with Gasteiger partial charge >= 0.3 is 0 Å². The van der Waals surface area contributed by atoms with Gasteiger partial charge in [0.2, 0.25) is 10.0 Å². The van der Waals surface area contributed by atoms with Gasteiger partial charge in [-0.15, -0.1) is 11.3 Å². The monoisotopic (exact) mass is 314 g/mol. The van der Waals surface area contributed by atoms with Gasteiger partial charge in [0.1, 0.15) is 4.21 Å². The van der Waals surface area contributed by atoms with Crippen LogP contribution in [0, 0.1) is 12.8 Å². The SMILES string of the molecule is Cc1ccc(S(=O)(=O)NC(Cn2nccn2)C(C)C)s1. The number of nitrogens with zero attached hydrogens (tertiary/aromatic N) is 3. The minimum absolute atomic E-state index is 0.136. The van der Waals surface area contributed by atoms with Gasteiger partial charge in [-0.2, -0.15) is 15.0 Å². The van der Waals surface area contributed by atoms with Crippen molar-refractivity contribution in [1.82, 2.24) is 19.7 Å². The summed E-state index contributed by atoms with van der Waals surface area (Å²) in [6.07, 6.45) is 3.16. The number of aromatic nitrogens is 3. The van der Waals surface area contributed by atoms with Crippen molar-refractivity contribution >= 4 is 21.4 Å². The Hall–Kier alpha value is -1.25. The van der Waals surface area contributed by atoms with E-state index in [9.17, 15) is 8.42 Å². The molecule has 110 valence electrons. The van der Waals surface area contributed by atoms with E-state index in [1.807, 2.05) is 20.8 Å². The Balaban J connectivity index is 2.15. The van der Waals surface area contributed by atoms with Crippen molar-refractivity contribution in [2.75, 3.05) is 0 Å². The van der Waals surface area contributed by atoms with Gasteiger partial charge in [-0.25, -0.2) is 13.1 Å². The highest BCUT2D eigenvalue weighted by atomic mass is 32.2. The van der Waals surface area contributed by atoms with Crippen LogP contribution in [0.25, 0.3) is 0 Å². The third-order valence-corrected chi connectivity index (χ3v) is 5.90. The number of hydrogen-bond acceptors (Lipinski definition) is 5. The van der Waals surface area contributed by atoms with Crippen molar-refractivity contribution in [1.29, 1.82) is 0 Å². The lowest BCUT2D eigenvalue weighted by Gasteiger charge is -2.21. The van der Waals surface area contributed by atoms with Crippen LogP contribution in [-0.2, 0) is 16.6 Å². The zero-order valence-corrected chi connectivity index (χ0v) is 13.3.